The average Bonchev–Trinajstić information content (AvgIpc) is 2.28. The summed E-state index contributed by atoms with van der Waals surface area (Å²) in [7, 11) is 2.06. The van der Waals surface area contributed by atoms with Crippen LogP contribution in [0.3, 0.4) is 0 Å². The van der Waals surface area contributed by atoms with E-state index in [1.165, 1.54) is 5.82 Å². The fourth-order valence-corrected chi connectivity index (χ4v) is 1.03. The van der Waals surface area contributed by atoms with Gasteiger partial charge in [0, 0.05) is 0 Å². The number of halogens is 6. The van der Waals surface area contributed by atoms with Crippen molar-refractivity contribution in [1.29, 1.82) is 0 Å². The molecule has 0 aliphatic carbocycles. The van der Waals surface area contributed by atoms with Gasteiger partial charge in [-0.2, -0.15) is 0 Å². The number of hydrogen-bond donors (Lipinski definition) is 1. The van der Waals surface area contributed by atoms with Crippen LogP contribution >= 0.6 is 0 Å². The van der Waals surface area contributed by atoms with Gasteiger partial charge in [-0.05, 0) is 5.92 Å². The first-order valence-corrected chi connectivity index (χ1v) is 10.5. The van der Waals surface area contributed by atoms with E-state index in [2.05, 4.69) is 30.4 Å². The van der Waals surface area contributed by atoms with Crippen LogP contribution in [0.25, 0.3) is 0 Å². The summed E-state index contributed by atoms with van der Waals surface area (Å²) in [5, 5.41) is 0. The second-order valence-electron chi connectivity index (χ2n) is 4.07. The van der Waals surface area contributed by atoms with Crippen molar-refractivity contribution >= 4 is 19.5 Å². The number of rotatable bonds is 2. The second kappa shape index (κ2) is 4.37. The van der Waals surface area contributed by atoms with Crippen molar-refractivity contribution in [3.63, 3.8) is 0 Å². The summed E-state index contributed by atoms with van der Waals surface area (Å²) < 4.78 is 61.7. The van der Waals surface area contributed by atoms with E-state index in [9.17, 15) is 16.9 Å². The topological polar surface area (TPSA) is 19.7 Å². The molecule has 104 valence electrons. The molecule has 0 unspecified atom stereocenters. The molecular formula is C8H15F6N2Sb. The predicted octanol–water partition coefficient (Wildman–Crippen LogP) is 3.18. The Kier molecular flexibility index (Phi) is 4.27. The summed E-state index contributed by atoms with van der Waals surface area (Å²) in [6.07, 6.45) is 5.14. The zero-order valence-electron chi connectivity index (χ0n) is 9.60. The van der Waals surface area contributed by atoms with Crippen molar-refractivity contribution in [3.05, 3.63) is 18.2 Å². The van der Waals surface area contributed by atoms with Gasteiger partial charge < -0.3 is 0 Å². The van der Waals surface area contributed by atoms with Gasteiger partial charge >= 0.3 is 36.4 Å². The molecule has 2 nitrogen and oxygen atoms in total. The van der Waals surface area contributed by atoms with Crippen molar-refractivity contribution in [1.82, 2.24) is 4.98 Å². The Bertz CT molecular complexity index is 354. The van der Waals surface area contributed by atoms with Crippen LogP contribution in [0.4, 0.5) is 16.9 Å². The van der Waals surface area contributed by atoms with E-state index in [1.54, 1.807) is 0 Å². The van der Waals surface area contributed by atoms with Crippen LogP contribution in [-0.2, 0) is 13.5 Å². The van der Waals surface area contributed by atoms with Crippen LogP contribution in [0.5, 0.6) is 0 Å². The summed E-state index contributed by atoms with van der Waals surface area (Å²) >= 11 is -11.2. The standard InChI is InChI=1S/C8H14N2.6FH.Sb/c1-7(2)6-8-9-4-5-10(8)3;;;;;;;/h4-5,7H,6H2,1-3H3;6*1H;/q;;;;;;;+5/p-5. The number of aromatic amines is 1. The fraction of sp³-hybridized carbons (Fsp3) is 0.625. The first kappa shape index (κ1) is 16.6. The Morgan fingerprint density at radius 3 is 1.82 bits per heavy atom. The normalized spacial score (nSPS) is 15.9. The SMILES string of the molecule is CC(C)Cc1[nH]cc[n+]1C.[F][Sb-]([F])([F])([F])([F])[F]. The third-order valence-corrected chi connectivity index (χ3v) is 1.58. The molecule has 0 aliphatic rings. The molecule has 1 aromatic rings. The first-order valence-electron chi connectivity index (χ1n) is 4.73. The summed E-state index contributed by atoms with van der Waals surface area (Å²) in [6.45, 7) is 4.45. The molecule has 0 radical (unpaired) electrons. The molecule has 0 aromatic carbocycles. The third kappa shape index (κ3) is 15.6. The summed E-state index contributed by atoms with van der Waals surface area (Å²) in [5.74, 6) is 2.03. The van der Waals surface area contributed by atoms with Crippen LogP contribution in [0.1, 0.15) is 19.7 Å². The third-order valence-electron chi connectivity index (χ3n) is 1.58. The summed E-state index contributed by atoms with van der Waals surface area (Å²) in [5.41, 5.74) is 0. The molecule has 1 N–H and O–H groups in total. The number of aryl methyl sites for hydroxylation is 1. The minimum atomic E-state index is -11.2. The Labute approximate surface area is 97.5 Å². The first-order chi connectivity index (χ1) is 7.15. The number of hydrogen-bond acceptors (Lipinski definition) is 0. The molecule has 1 aromatic heterocycles. The van der Waals surface area contributed by atoms with Gasteiger partial charge in [0.05, 0.1) is 13.5 Å². The second-order valence-corrected chi connectivity index (χ2v) is 9.54. The van der Waals surface area contributed by atoms with E-state index in [0.29, 0.717) is 0 Å². The van der Waals surface area contributed by atoms with Gasteiger partial charge in [-0.25, -0.2) is 9.55 Å². The molecule has 9 heteroatoms. The number of aromatic nitrogens is 2. The van der Waals surface area contributed by atoms with Gasteiger partial charge in [0.15, 0.2) is 0 Å². The summed E-state index contributed by atoms with van der Waals surface area (Å²) in [4.78, 5) is 3.20. The van der Waals surface area contributed by atoms with Crippen LogP contribution in [-0.4, -0.2) is 24.5 Å². The number of nitrogens with one attached hydrogen (secondary N) is 1. The van der Waals surface area contributed by atoms with Crippen molar-refractivity contribution < 1.29 is 21.4 Å². The van der Waals surface area contributed by atoms with Crippen LogP contribution < -0.4 is 4.57 Å². The maximum absolute atomic E-state index is 11.2. The molecule has 1 heterocycles. The van der Waals surface area contributed by atoms with E-state index in [1.807, 2.05) is 12.4 Å². The maximum atomic E-state index is 9.93. The Morgan fingerprint density at radius 2 is 1.59 bits per heavy atom. The molecule has 0 bridgehead atoms. The molecule has 1 rings (SSSR count). The average molecular weight is 375 g/mol. The molecule has 0 aliphatic heterocycles. The van der Waals surface area contributed by atoms with E-state index in [4.69, 9.17) is 0 Å². The van der Waals surface area contributed by atoms with E-state index < -0.39 is 19.5 Å². The van der Waals surface area contributed by atoms with E-state index >= 15 is 0 Å². The van der Waals surface area contributed by atoms with Gasteiger partial charge in [-0.3, -0.25) is 0 Å². The van der Waals surface area contributed by atoms with Gasteiger partial charge in [0.2, 0.25) is 0 Å². The van der Waals surface area contributed by atoms with Crippen molar-refractivity contribution in [2.75, 3.05) is 0 Å². The molecular weight excluding hydrogens is 360 g/mol. The quantitative estimate of drug-likeness (QED) is 0.466. The number of H-pyrrole nitrogens is 1. The van der Waals surface area contributed by atoms with E-state index in [0.717, 1.165) is 12.3 Å². The zero-order valence-corrected chi connectivity index (χ0v) is 12.2. The number of imidazole rings is 1. The molecule has 0 saturated carbocycles. The Morgan fingerprint density at radius 1 is 1.18 bits per heavy atom. The molecule has 0 saturated heterocycles. The van der Waals surface area contributed by atoms with Crippen molar-refractivity contribution in [2.45, 2.75) is 20.3 Å². The van der Waals surface area contributed by atoms with E-state index in [-0.39, 0.29) is 0 Å². The van der Waals surface area contributed by atoms with Gasteiger partial charge in [-0.15, -0.1) is 0 Å². The number of nitrogens with zero attached hydrogens (tertiary/aromatic N) is 1. The predicted molar refractivity (Wildman–Crippen MR) is 52.9 cm³/mol. The van der Waals surface area contributed by atoms with Crippen LogP contribution in [0.2, 0.25) is 0 Å². The molecule has 0 atom stereocenters. The van der Waals surface area contributed by atoms with Gasteiger partial charge in [-0.1, -0.05) is 13.8 Å². The van der Waals surface area contributed by atoms with Gasteiger partial charge in [0.1, 0.15) is 12.4 Å². The molecule has 0 fully saturated rings. The molecule has 0 amide bonds. The zero-order chi connectivity index (χ0) is 14.0. The van der Waals surface area contributed by atoms with Crippen molar-refractivity contribution in [2.24, 2.45) is 13.0 Å². The summed E-state index contributed by atoms with van der Waals surface area (Å²) in [6, 6.07) is 0. The van der Waals surface area contributed by atoms with Crippen molar-refractivity contribution in [3.8, 4) is 0 Å². The fourth-order valence-electron chi connectivity index (χ4n) is 1.03. The monoisotopic (exact) mass is 374 g/mol. The van der Waals surface area contributed by atoms with Gasteiger partial charge in [0.25, 0.3) is 5.82 Å². The Balaban J connectivity index is 0.000000325. The molecule has 0 spiro atoms. The van der Waals surface area contributed by atoms with Crippen LogP contribution in [0, 0.1) is 5.92 Å². The van der Waals surface area contributed by atoms with Crippen LogP contribution in [0.15, 0.2) is 12.4 Å². The minimum absolute atomic E-state index is 0.727. The molecule has 17 heavy (non-hydrogen) atoms. The Hall–Kier alpha value is -0.392.